The Labute approximate surface area is 231 Å². The lowest BCUT2D eigenvalue weighted by Crippen LogP contribution is -2.38. The molecule has 2 heterocycles. The van der Waals surface area contributed by atoms with Crippen LogP contribution in [0.4, 0.5) is 4.39 Å². The molecule has 1 aromatic heterocycles. The number of halogens is 1. The average Bonchev–Trinajstić information content (AvgIpc) is 3.36. The minimum atomic E-state index is -0.282. The number of rotatable bonds is 10. The zero-order chi connectivity index (χ0) is 27.2. The molecule has 5 rings (SSSR count). The van der Waals surface area contributed by atoms with Crippen LogP contribution in [0, 0.1) is 5.82 Å². The Hall–Kier alpha value is -3.25. The molecule has 3 unspecified atom stereocenters. The fourth-order valence-electron chi connectivity index (χ4n) is 5.51. The second-order valence-electron chi connectivity index (χ2n) is 10.6. The smallest absolute Gasteiger partial charge is 0.160 e. The normalized spacial score (nSPS) is 19.5. The fourth-order valence-corrected chi connectivity index (χ4v) is 5.51. The van der Waals surface area contributed by atoms with Crippen LogP contribution in [0.15, 0.2) is 91.0 Å². The zero-order valence-electron chi connectivity index (χ0n) is 23.1. The quantitative estimate of drug-likeness (QED) is 0.208. The monoisotopic (exact) mass is 527 g/mol. The Morgan fingerprint density at radius 3 is 2.26 bits per heavy atom. The maximum atomic E-state index is 13.9. The van der Waals surface area contributed by atoms with Gasteiger partial charge in [-0.15, -0.1) is 0 Å². The van der Waals surface area contributed by atoms with Crippen molar-refractivity contribution in [2.45, 2.75) is 70.7 Å². The van der Waals surface area contributed by atoms with E-state index in [1.807, 2.05) is 36.4 Å². The molecule has 1 fully saturated rings. The van der Waals surface area contributed by atoms with Crippen LogP contribution < -0.4 is 0 Å². The van der Waals surface area contributed by atoms with Crippen molar-refractivity contribution in [3.63, 3.8) is 0 Å². The molecule has 1 aliphatic heterocycles. The van der Waals surface area contributed by atoms with Crippen LogP contribution in [0.25, 0.3) is 22.4 Å². The zero-order valence-corrected chi connectivity index (χ0v) is 23.1. The van der Waals surface area contributed by atoms with Gasteiger partial charge in [0.05, 0.1) is 24.5 Å². The van der Waals surface area contributed by atoms with Gasteiger partial charge in [-0.25, -0.2) is 4.39 Å². The van der Waals surface area contributed by atoms with Crippen LogP contribution in [0.2, 0.25) is 0 Å². The first kappa shape index (κ1) is 27.3. The van der Waals surface area contributed by atoms with Gasteiger partial charge in [-0.2, -0.15) is 0 Å². The number of hydrogen-bond donors (Lipinski definition) is 0. The molecular formula is C34H38FNO3. The summed E-state index contributed by atoms with van der Waals surface area (Å²) >= 11 is 0. The first-order valence-corrected chi connectivity index (χ1v) is 13.9. The molecule has 0 saturated carbocycles. The van der Waals surface area contributed by atoms with Crippen molar-refractivity contribution in [2.24, 2.45) is 0 Å². The van der Waals surface area contributed by atoms with Gasteiger partial charge in [-0.05, 0) is 59.4 Å². The Morgan fingerprint density at radius 1 is 0.897 bits per heavy atom. The van der Waals surface area contributed by atoms with E-state index in [0.29, 0.717) is 12.5 Å². The third-order valence-electron chi connectivity index (χ3n) is 7.51. The molecule has 5 heteroatoms. The van der Waals surface area contributed by atoms with E-state index in [2.05, 4.69) is 60.9 Å². The first-order valence-electron chi connectivity index (χ1n) is 13.9. The van der Waals surface area contributed by atoms with Crippen molar-refractivity contribution < 1.29 is 18.6 Å². The maximum absolute atomic E-state index is 13.9. The average molecular weight is 528 g/mol. The van der Waals surface area contributed by atoms with Crippen LogP contribution in [-0.4, -0.2) is 30.2 Å². The second-order valence-corrected chi connectivity index (χ2v) is 10.6. The highest BCUT2D eigenvalue weighted by molar-refractivity contribution is 5.82. The molecule has 4 aromatic rings. The van der Waals surface area contributed by atoms with Gasteiger partial charge in [-0.3, -0.25) is 0 Å². The van der Waals surface area contributed by atoms with E-state index in [1.165, 1.54) is 11.3 Å². The maximum Gasteiger partial charge on any atom is 0.160 e. The molecule has 0 amide bonds. The van der Waals surface area contributed by atoms with Crippen LogP contribution in [-0.2, 0) is 27.4 Å². The summed E-state index contributed by atoms with van der Waals surface area (Å²) in [4.78, 5) is 0. The van der Waals surface area contributed by atoms with Crippen molar-refractivity contribution in [3.05, 3.63) is 108 Å². The Kier molecular flexibility index (Phi) is 8.92. The predicted octanol–water partition coefficient (Wildman–Crippen LogP) is 8.21. The summed E-state index contributed by atoms with van der Waals surface area (Å²) in [5, 5.41) is 0. The van der Waals surface area contributed by atoms with Crippen LogP contribution in [0.5, 0.6) is 0 Å². The molecule has 3 atom stereocenters. The van der Waals surface area contributed by atoms with Crippen LogP contribution in [0.3, 0.4) is 0 Å². The van der Waals surface area contributed by atoms with E-state index in [0.717, 1.165) is 48.2 Å². The molecule has 3 aromatic carbocycles. The Balaban J connectivity index is 1.41. The van der Waals surface area contributed by atoms with Crippen molar-refractivity contribution in [1.29, 1.82) is 0 Å². The number of methoxy groups -OCH3 is 1. The van der Waals surface area contributed by atoms with Crippen molar-refractivity contribution in [1.82, 2.24) is 4.57 Å². The van der Waals surface area contributed by atoms with Gasteiger partial charge in [-0.1, -0.05) is 74.5 Å². The standard InChI is InChI=1S/C34H38FNO3/c1-24(2)32-22-31(26-12-8-5-9-13-26)34(27-14-16-28(35)17-15-27)36(32)19-18-29-20-30(21-33(37-3)39-29)38-23-25-10-6-4-7-11-25/h4-17,22,24,29-30,33H,18-21,23H2,1-3H3. The highest BCUT2D eigenvalue weighted by Crippen LogP contribution is 2.38. The number of benzene rings is 3. The second kappa shape index (κ2) is 12.7. The molecule has 1 saturated heterocycles. The number of ether oxygens (including phenoxy) is 3. The highest BCUT2D eigenvalue weighted by Gasteiger charge is 2.31. The van der Waals surface area contributed by atoms with Crippen molar-refractivity contribution in [3.8, 4) is 22.4 Å². The largest absolute Gasteiger partial charge is 0.373 e. The first-order chi connectivity index (χ1) is 19.0. The third kappa shape index (κ3) is 6.67. The minimum Gasteiger partial charge on any atom is -0.373 e. The molecule has 0 radical (unpaired) electrons. The molecular weight excluding hydrogens is 489 g/mol. The summed E-state index contributed by atoms with van der Waals surface area (Å²) < 4.78 is 34.6. The van der Waals surface area contributed by atoms with E-state index in [9.17, 15) is 4.39 Å². The number of hydrogen-bond acceptors (Lipinski definition) is 3. The predicted molar refractivity (Wildman–Crippen MR) is 154 cm³/mol. The van der Waals surface area contributed by atoms with E-state index < -0.39 is 0 Å². The summed E-state index contributed by atoms with van der Waals surface area (Å²) in [6.45, 7) is 5.81. The van der Waals surface area contributed by atoms with Crippen LogP contribution in [0.1, 0.15) is 50.3 Å². The Bertz CT molecular complexity index is 1320. The van der Waals surface area contributed by atoms with E-state index in [4.69, 9.17) is 14.2 Å². The summed E-state index contributed by atoms with van der Waals surface area (Å²) in [5.74, 6) is 0.0903. The van der Waals surface area contributed by atoms with Gasteiger partial charge in [0.15, 0.2) is 6.29 Å². The minimum absolute atomic E-state index is 0.00753. The molecule has 0 bridgehead atoms. The van der Waals surface area contributed by atoms with Crippen molar-refractivity contribution >= 4 is 0 Å². The van der Waals surface area contributed by atoms with E-state index in [1.54, 1.807) is 19.2 Å². The summed E-state index contributed by atoms with van der Waals surface area (Å²) in [6.07, 6.45) is 2.16. The van der Waals surface area contributed by atoms with Gasteiger partial charge >= 0.3 is 0 Å². The third-order valence-corrected chi connectivity index (χ3v) is 7.51. The molecule has 39 heavy (non-hydrogen) atoms. The van der Waals surface area contributed by atoms with Crippen LogP contribution >= 0.6 is 0 Å². The number of aromatic nitrogens is 1. The van der Waals surface area contributed by atoms with Gasteiger partial charge in [0.1, 0.15) is 5.82 Å². The lowest BCUT2D eigenvalue weighted by Gasteiger charge is -2.35. The summed E-state index contributed by atoms with van der Waals surface area (Å²) in [6, 6.07) is 29.8. The summed E-state index contributed by atoms with van der Waals surface area (Å²) in [5.41, 5.74) is 6.85. The van der Waals surface area contributed by atoms with Gasteiger partial charge in [0.25, 0.3) is 0 Å². The fraction of sp³-hybridized carbons (Fsp3) is 0.353. The van der Waals surface area contributed by atoms with E-state index in [-0.39, 0.29) is 24.3 Å². The summed E-state index contributed by atoms with van der Waals surface area (Å²) in [7, 11) is 1.70. The molecule has 0 spiro atoms. The molecule has 1 aliphatic rings. The molecule has 0 aliphatic carbocycles. The lowest BCUT2D eigenvalue weighted by atomic mass is 10.0. The van der Waals surface area contributed by atoms with E-state index >= 15 is 0 Å². The van der Waals surface area contributed by atoms with Gasteiger partial charge < -0.3 is 18.8 Å². The number of nitrogens with zero attached hydrogens (tertiary/aromatic N) is 1. The SMILES string of the molecule is COC1CC(OCc2ccccc2)CC(CCn2c(C(C)C)cc(-c3ccccc3)c2-c2ccc(F)cc2)O1. The van der Waals surface area contributed by atoms with Crippen molar-refractivity contribution in [2.75, 3.05) is 7.11 Å². The molecule has 0 N–H and O–H groups in total. The topological polar surface area (TPSA) is 32.6 Å². The lowest BCUT2D eigenvalue weighted by molar-refractivity contribution is -0.214. The van der Waals surface area contributed by atoms with Gasteiger partial charge in [0, 0.05) is 37.8 Å². The molecule has 204 valence electrons. The van der Waals surface area contributed by atoms with Gasteiger partial charge in [0.2, 0.25) is 0 Å². The Morgan fingerprint density at radius 2 is 1.59 bits per heavy atom. The highest BCUT2D eigenvalue weighted by atomic mass is 19.1. The molecule has 4 nitrogen and oxygen atoms in total.